The first-order valence-electron chi connectivity index (χ1n) is 2.85. The summed E-state index contributed by atoms with van der Waals surface area (Å²) in [6, 6.07) is 1.13. The molecule has 0 bridgehead atoms. The van der Waals surface area contributed by atoms with Gasteiger partial charge in [0.25, 0.3) is 3.79 Å². The molecule has 0 saturated carbocycles. The molecule has 0 atom stereocenters. The van der Waals surface area contributed by atoms with Gasteiger partial charge in [-0.2, -0.15) is 0 Å². The second kappa shape index (κ2) is 3.83. The topological polar surface area (TPSA) is 39.8 Å². The van der Waals surface area contributed by atoms with Gasteiger partial charge in [0.15, 0.2) is 5.69 Å². The Morgan fingerprint density at radius 2 is 1.85 bits per heavy atom. The van der Waals surface area contributed by atoms with Gasteiger partial charge in [0, 0.05) is 17.7 Å². The molecule has 0 aromatic carbocycles. The molecule has 72 valence electrons. The molecule has 0 saturated heterocycles. The summed E-state index contributed by atoms with van der Waals surface area (Å²) in [5, 5.41) is 10.8. The zero-order valence-corrected chi connectivity index (χ0v) is 9.55. The van der Waals surface area contributed by atoms with Crippen LogP contribution < -0.4 is 4.73 Å². The van der Waals surface area contributed by atoms with Crippen molar-refractivity contribution in [1.29, 1.82) is 0 Å². The van der Waals surface area contributed by atoms with Gasteiger partial charge < -0.3 is 5.21 Å². The molecule has 0 N–H and O–H groups in total. The highest BCUT2D eigenvalue weighted by atomic mass is 35.6. The van der Waals surface area contributed by atoms with Gasteiger partial charge >= 0.3 is 5.28 Å². The lowest BCUT2D eigenvalue weighted by Gasteiger charge is -2.14. The molecule has 8 heteroatoms. The molecule has 13 heavy (non-hydrogen) atoms. The molecule has 0 fully saturated rings. The number of nitrogens with zero attached hydrogens (tertiary/aromatic N) is 2. The maximum Gasteiger partial charge on any atom is 0.400 e. The number of rotatable bonds is 0. The lowest BCUT2D eigenvalue weighted by Crippen LogP contribution is -2.37. The van der Waals surface area contributed by atoms with Crippen molar-refractivity contribution in [1.82, 2.24) is 4.98 Å². The zero-order chi connectivity index (χ0) is 10.2. The van der Waals surface area contributed by atoms with Crippen molar-refractivity contribution in [2.24, 2.45) is 0 Å². The summed E-state index contributed by atoms with van der Waals surface area (Å²) in [5.41, 5.74) is -0.192. The Labute approximate surface area is 98.7 Å². The highest BCUT2D eigenvalue weighted by Gasteiger charge is 2.31. The van der Waals surface area contributed by atoms with Gasteiger partial charge in [-0.3, -0.25) is 0 Å². The minimum atomic E-state index is -1.88. The first-order chi connectivity index (χ1) is 5.82. The van der Waals surface area contributed by atoms with Crippen LogP contribution in [0.4, 0.5) is 0 Å². The van der Waals surface area contributed by atoms with Crippen molar-refractivity contribution in [3.05, 3.63) is 27.4 Å². The average molecular weight is 282 g/mol. The largest absolute Gasteiger partial charge is 0.710 e. The van der Waals surface area contributed by atoms with Gasteiger partial charge in [-0.25, -0.2) is 4.73 Å². The van der Waals surface area contributed by atoms with E-state index in [1.54, 1.807) is 0 Å². The molecule has 1 aromatic rings. The van der Waals surface area contributed by atoms with E-state index >= 15 is 0 Å². The maximum absolute atomic E-state index is 11.2. The number of alkyl halides is 3. The van der Waals surface area contributed by atoms with Gasteiger partial charge in [0.2, 0.25) is 5.15 Å². The van der Waals surface area contributed by atoms with E-state index in [-0.39, 0.29) is 15.6 Å². The van der Waals surface area contributed by atoms with Crippen molar-refractivity contribution in [3.8, 4) is 0 Å². The average Bonchev–Trinajstić information content (AvgIpc) is 1.94. The van der Waals surface area contributed by atoms with Crippen LogP contribution >= 0.6 is 58.0 Å². The van der Waals surface area contributed by atoms with E-state index in [0.717, 1.165) is 6.07 Å². The third-order valence-electron chi connectivity index (χ3n) is 1.13. The summed E-state index contributed by atoms with van der Waals surface area (Å²) >= 11 is 27.3. The molecule has 0 spiro atoms. The lowest BCUT2D eigenvalue weighted by molar-refractivity contribution is -0.615. The van der Waals surface area contributed by atoms with Crippen LogP contribution in [-0.4, -0.2) is 4.98 Å². The van der Waals surface area contributed by atoms with Crippen LogP contribution in [0.1, 0.15) is 5.69 Å². The second-order valence-corrected chi connectivity index (χ2v) is 5.03. The van der Waals surface area contributed by atoms with Gasteiger partial charge in [-0.15, -0.1) is 0 Å². The molecule has 1 heterocycles. The van der Waals surface area contributed by atoms with Crippen LogP contribution in [0.15, 0.2) is 6.07 Å². The molecule has 0 unspecified atom stereocenters. The molecule has 0 aliphatic rings. The maximum atomic E-state index is 11.2. The van der Waals surface area contributed by atoms with E-state index in [2.05, 4.69) is 4.98 Å². The van der Waals surface area contributed by atoms with E-state index in [1.807, 2.05) is 0 Å². The van der Waals surface area contributed by atoms with Crippen molar-refractivity contribution in [3.63, 3.8) is 0 Å². The molecule has 0 radical (unpaired) electrons. The zero-order valence-electron chi connectivity index (χ0n) is 5.77. The fourth-order valence-corrected chi connectivity index (χ4v) is 1.44. The van der Waals surface area contributed by atoms with Crippen LogP contribution in [0.5, 0.6) is 0 Å². The fraction of sp³-hybridized carbons (Fsp3) is 0.200. The van der Waals surface area contributed by atoms with E-state index in [4.69, 9.17) is 58.0 Å². The molecule has 3 nitrogen and oxygen atoms in total. The SMILES string of the molecule is [O-][n+]1c(C(Cl)(Cl)Cl)cc(Cl)nc1Cl. The standard InChI is InChI=1S/C5HCl5N2O/c6-3-1-2(5(8,9)10)12(13)4(7)11-3/h1H. The van der Waals surface area contributed by atoms with E-state index < -0.39 is 9.08 Å². The Hall–Kier alpha value is 0.330. The van der Waals surface area contributed by atoms with Crippen LogP contribution in [-0.2, 0) is 3.79 Å². The lowest BCUT2D eigenvalue weighted by atomic mass is 10.4. The van der Waals surface area contributed by atoms with Crippen LogP contribution in [0.3, 0.4) is 0 Å². The smallest absolute Gasteiger partial charge is 0.400 e. The molecular weight excluding hydrogens is 281 g/mol. The second-order valence-electron chi connectivity index (χ2n) is 2.03. The minimum Gasteiger partial charge on any atom is -0.710 e. The Morgan fingerprint density at radius 1 is 1.31 bits per heavy atom. The highest BCUT2D eigenvalue weighted by molar-refractivity contribution is 6.66. The monoisotopic (exact) mass is 280 g/mol. The van der Waals surface area contributed by atoms with Crippen LogP contribution in [0, 0.1) is 5.21 Å². The van der Waals surface area contributed by atoms with Crippen LogP contribution in [0.2, 0.25) is 10.4 Å². The van der Waals surface area contributed by atoms with Gasteiger partial charge in [-0.05, 0) is 16.6 Å². The third kappa shape index (κ3) is 2.64. The normalized spacial score (nSPS) is 11.8. The molecule has 1 aromatic heterocycles. The highest BCUT2D eigenvalue weighted by Crippen LogP contribution is 2.36. The first kappa shape index (κ1) is 11.4. The van der Waals surface area contributed by atoms with Crippen molar-refractivity contribution >= 4 is 58.0 Å². The molecule has 0 aliphatic heterocycles. The number of hydrogen-bond donors (Lipinski definition) is 0. The number of hydrogen-bond acceptors (Lipinski definition) is 2. The van der Waals surface area contributed by atoms with Crippen molar-refractivity contribution in [2.75, 3.05) is 0 Å². The van der Waals surface area contributed by atoms with Crippen molar-refractivity contribution in [2.45, 2.75) is 3.79 Å². The predicted octanol–water partition coefficient (Wildman–Crippen LogP) is 2.85. The van der Waals surface area contributed by atoms with Crippen molar-refractivity contribution < 1.29 is 4.73 Å². The summed E-state index contributed by atoms with van der Waals surface area (Å²) < 4.78 is -1.68. The quantitative estimate of drug-likeness (QED) is 0.241. The summed E-state index contributed by atoms with van der Waals surface area (Å²) in [6.07, 6.45) is 0. The Kier molecular flexibility index (Phi) is 3.36. The molecule has 1 rings (SSSR count). The van der Waals surface area contributed by atoms with Gasteiger partial charge in [0.1, 0.15) is 0 Å². The van der Waals surface area contributed by atoms with Crippen LogP contribution in [0.25, 0.3) is 0 Å². The Morgan fingerprint density at radius 3 is 2.31 bits per heavy atom. The van der Waals surface area contributed by atoms with Gasteiger partial charge in [-0.1, -0.05) is 34.8 Å². The molecule has 0 aliphatic carbocycles. The third-order valence-corrected chi connectivity index (χ3v) is 2.14. The molecule has 0 amide bonds. The summed E-state index contributed by atoms with van der Waals surface area (Å²) in [4.78, 5) is 3.45. The Balaban J connectivity index is 3.37. The number of aromatic nitrogens is 2. The van der Waals surface area contributed by atoms with E-state index in [1.165, 1.54) is 0 Å². The Bertz CT molecular complexity index is 336. The van der Waals surface area contributed by atoms with Gasteiger partial charge in [0.05, 0.1) is 0 Å². The fourth-order valence-electron chi connectivity index (χ4n) is 0.634. The van der Waals surface area contributed by atoms with E-state index in [0.29, 0.717) is 0 Å². The molecular formula is C5HCl5N2O. The van der Waals surface area contributed by atoms with E-state index in [9.17, 15) is 5.21 Å². The minimum absolute atomic E-state index is 0.0153. The summed E-state index contributed by atoms with van der Waals surface area (Å²) in [7, 11) is 0. The summed E-state index contributed by atoms with van der Waals surface area (Å²) in [6.45, 7) is 0. The number of halogens is 5. The predicted molar refractivity (Wildman–Crippen MR) is 52.5 cm³/mol. The first-order valence-corrected chi connectivity index (χ1v) is 4.74. The summed E-state index contributed by atoms with van der Waals surface area (Å²) in [5.74, 6) is 0.